The van der Waals surface area contributed by atoms with Gasteiger partial charge in [0.05, 0.1) is 12.3 Å². The summed E-state index contributed by atoms with van der Waals surface area (Å²) >= 11 is 0. The summed E-state index contributed by atoms with van der Waals surface area (Å²) in [5, 5.41) is 20.1. The van der Waals surface area contributed by atoms with Gasteiger partial charge in [-0.3, -0.25) is 0 Å². The Labute approximate surface area is 71.0 Å². The topological polar surface area (TPSA) is 52.8 Å². The lowest BCUT2D eigenvalue weighted by Gasteiger charge is -1.99. The van der Waals surface area contributed by atoms with Gasteiger partial charge in [-0.15, -0.1) is 0 Å². The summed E-state index contributed by atoms with van der Waals surface area (Å²) in [5.41, 5.74) is 1.40. The molecule has 0 spiro atoms. The summed E-state index contributed by atoms with van der Waals surface area (Å²) in [4.78, 5) is 0. The van der Waals surface area contributed by atoms with Crippen LogP contribution in [-0.4, -0.2) is 22.6 Å². The molecule has 0 saturated heterocycles. The van der Waals surface area contributed by atoms with Crippen LogP contribution in [0.15, 0.2) is 35.5 Å². The average molecular weight is 165 g/mol. The number of aliphatic hydroxyl groups excluding tert-OH is 1. The van der Waals surface area contributed by atoms with Gasteiger partial charge in [-0.25, -0.2) is 0 Å². The molecule has 3 nitrogen and oxygen atoms in total. The lowest BCUT2D eigenvalue weighted by atomic mass is 10.1. The zero-order valence-corrected chi connectivity index (χ0v) is 6.64. The molecule has 0 aliphatic carbocycles. The molecule has 1 rings (SSSR count). The predicted molar refractivity (Wildman–Crippen MR) is 46.5 cm³/mol. The Morgan fingerprint density at radius 1 is 1.25 bits per heavy atom. The fraction of sp³-hybridized carbons (Fsp3) is 0.222. The number of hydrogen-bond acceptors (Lipinski definition) is 3. The van der Waals surface area contributed by atoms with Crippen LogP contribution in [0.4, 0.5) is 0 Å². The van der Waals surface area contributed by atoms with Gasteiger partial charge in [0.2, 0.25) is 0 Å². The minimum absolute atomic E-state index is 0.203. The van der Waals surface area contributed by atoms with Crippen molar-refractivity contribution in [2.45, 2.75) is 6.42 Å². The van der Waals surface area contributed by atoms with Crippen LogP contribution >= 0.6 is 0 Å². The molecule has 12 heavy (non-hydrogen) atoms. The number of nitrogens with zero attached hydrogens (tertiary/aromatic N) is 1. The molecule has 1 aromatic rings. The van der Waals surface area contributed by atoms with Crippen LogP contribution in [0, 0.1) is 0 Å². The first-order valence-electron chi connectivity index (χ1n) is 3.71. The first kappa shape index (κ1) is 8.74. The molecular weight excluding hydrogens is 154 g/mol. The Morgan fingerprint density at radius 3 is 2.42 bits per heavy atom. The number of hydrogen-bond donors (Lipinski definition) is 2. The van der Waals surface area contributed by atoms with E-state index in [1.165, 1.54) is 0 Å². The highest BCUT2D eigenvalue weighted by Crippen LogP contribution is 2.00. The van der Waals surface area contributed by atoms with Crippen LogP contribution in [0.25, 0.3) is 0 Å². The summed E-state index contributed by atoms with van der Waals surface area (Å²) in [6.07, 6.45) is 0.494. The molecule has 0 aromatic heterocycles. The average Bonchev–Trinajstić information content (AvgIpc) is 2.16. The van der Waals surface area contributed by atoms with Crippen molar-refractivity contribution in [2.75, 3.05) is 6.61 Å². The molecule has 0 saturated carbocycles. The molecule has 0 aliphatic heterocycles. The van der Waals surface area contributed by atoms with Gasteiger partial charge >= 0.3 is 0 Å². The molecule has 0 fully saturated rings. The Bertz CT molecular complexity index is 256. The molecule has 2 N–H and O–H groups in total. The minimum atomic E-state index is -0.203. The van der Waals surface area contributed by atoms with E-state index >= 15 is 0 Å². The van der Waals surface area contributed by atoms with Crippen LogP contribution in [0.2, 0.25) is 0 Å². The maximum absolute atomic E-state index is 8.70. The Balaban J connectivity index is 2.64. The molecule has 0 unspecified atom stereocenters. The molecule has 0 atom stereocenters. The molecule has 0 aliphatic rings. The third-order valence-electron chi connectivity index (χ3n) is 1.57. The van der Waals surface area contributed by atoms with Crippen LogP contribution < -0.4 is 0 Å². The zero-order chi connectivity index (χ0) is 8.81. The summed E-state index contributed by atoms with van der Waals surface area (Å²) in [7, 11) is 0. The van der Waals surface area contributed by atoms with E-state index < -0.39 is 0 Å². The van der Waals surface area contributed by atoms with E-state index in [-0.39, 0.29) is 6.61 Å². The monoisotopic (exact) mass is 165 g/mol. The van der Waals surface area contributed by atoms with E-state index in [0.717, 1.165) is 5.56 Å². The molecule has 1 aromatic carbocycles. The van der Waals surface area contributed by atoms with Crippen molar-refractivity contribution in [1.82, 2.24) is 0 Å². The normalized spacial score (nSPS) is 11.6. The minimum Gasteiger partial charge on any atom is -0.411 e. The van der Waals surface area contributed by atoms with Gasteiger partial charge in [0.1, 0.15) is 0 Å². The second kappa shape index (κ2) is 4.51. The van der Waals surface area contributed by atoms with Gasteiger partial charge in [0.25, 0.3) is 0 Å². The van der Waals surface area contributed by atoms with Crippen molar-refractivity contribution < 1.29 is 10.3 Å². The third kappa shape index (κ3) is 2.36. The van der Waals surface area contributed by atoms with Crippen molar-refractivity contribution in [2.24, 2.45) is 5.16 Å². The molecular formula is C9H11NO2. The van der Waals surface area contributed by atoms with Gasteiger partial charge < -0.3 is 10.3 Å². The molecule has 0 amide bonds. The van der Waals surface area contributed by atoms with Crippen molar-refractivity contribution in [3.63, 3.8) is 0 Å². The lowest BCUT2D eigenvalue weighted by Crippen LogP contribution is -2.07. The number of oxime groups is 1. The molecule has 3 heteroatoms. The Kier molecular flexibility index (Phi) is 3.29. The van der Waals surface area contributed by atoms with Crippen LogP contribution in [0.1, 0.15) is 5.56 Å². The summed E-state index contributed by atoms with van der Waals surface area (Å²) in [6.45, 7) is -0.203. The maximum atomic E-state index is 8.70. The SMILES string of the molecule is OC/C(Cc1ccccc1)=N/O. The van der Waals surface area contributed by atoms with Crippen LogP contribution in [-0.2, 0) is 6.42 Å². The second-order valence-corrected chi connectivity index (χ2v) is 2.49. The number of benzene rings is 1. The van der Waals surface area contributed by atoms with Crippen LogP contribution in [0.3, 0.4) is 0 Å². The predicted octanol–water partition coefficient (Wildman–Crippen LogP) is 1.05. The molecule has 0 heterocycles. The van der Waals surface area contributed by atoms with Crippen molar-refractivity contribution in [3.8, 4) is 0 Å². The van der Waals surface area contributed by atoms with E-state index in [4.69, 9.17) is 10.3 Å². The summed E-state index contributed by atoms with van der Waals surface area (Å²) in [5.74, 6) is 0. The standard InChI is InChI=1S/C9H11NO2/c11-7-9(10-12)6-8-4-2-1-3-5-8/h1-5,11-12H,6-7H2/b10-9+. The van der Waals surface area contributed by atoms with Crippen molar-refractivity contribution >= 4 is 5.71 Å². The van der Waals surface area contributed by atoms with E-state index in [1.54, 1.807) is 0 Å². The van der Waals surface area contributed by atoms with Crippen LogP contribution in [0.5, 0.6) is 0 Å². The summed E-state index contributed by atoms with van der Waals surface area (Å²) < 4.78 is 0. The lowest BCUT2D eigenvalue weighted by molar-refractivity contribution is 0.301. The molecule has 0 bridgehead atoms. The highest BCUT2D eigenvalue weighted by Gasteiger charge is 1.98. The number of aliphatic hydroxyl groups is 1. The van der Waals surface area contributed by atoms with E-state index in [1.807, 2.05) is 30.3 Å². The van der Waals surface area contributed by atoms with Crippen molar-refractivity contribution in [3.05, 3.63) is 35.9 Å². The first-order valence-corrected chi connectivity index (χ1v) is 3.71. The maximum Gasteiger partial charge on any atom is 0.0868 e. The van der Waals surface area contributed by atoms with E-state index in [0.29, 0.717) is 12.1 Å². The highest BCUT2D eigenvalue weighted by molar-refractivity contribution is 5.86. The highest BCUT2D eigenvalue weighted by atomic mass is 16.4. The zero-order valence-electron chi connectivity index (χ0n) is 6.64. The quantitative estimate of drug-likeness (QED) is 0.399. The van der Waals surface area contributed by atoms with Gasteiger partial charge in [-0.05, 0) is 5.56 Å². The van der Waals surface area contributed by atoms with Gasteiger partial charge in [-0.1, -0.05) is 35.5 Å². The largest absolute Gasteiger partial charge is 0.411 e. The molecule has 64 valence electrons. The fourth-order valence-electron chi connectivity index (χ4n) is 0.954. The summed E-state index contributed by atoms with van der Waals surface area (Å²) in [6, 6.07) is 9.56. The second-order valence-electron chi connectivity index (χ2n) is 2.49. The number of rotatable bonds is 3. The first-order chi connectivity index (χ1) is 5.86. The van der Waals surface area contributed by atoms with Gasteiger partial charge in [-0.2, -0.15) is 0 Å². The van der Waals surface area contributed by atoms with E-state index in [2.05, 4.69) is 5.16 Å². The van der Waals surface area contributed by atoms with E-state index in [9.17, 15) is 0 Å². The fourth-order valence-corrected chi connectivity index (χ4v) is 0.954. The van der Waals surface area contributed by atoms with Gasteiger partial charge in [0, 0.05) is 6.42 Å². The Hall–Kier alpha value is -1.35. The molecule has 0 radical (unpaired) electrons. The van der Waals surface area contributed by atoms with Crippen molar-refractivity contribution in [1.29, 1.82) is 0 Å². The third-order valence-corrected chi connectivity index (χ3v) is 1.57. The smallest absolute Gasteiger partial charge is 0.0868 e. The van der Waals surface area contributed by atoms with Gasteiger partial charge in [0.15, 0.2) is 0 Å². The Morgan fingerprint density at radius 2 is 1.92 bits per heavy atom.